The van der Waals surface area contributed by atoms with Gasteiger partial charge in [-0.25, -0.2) is 0 Å². The molecular formula is C14H11BrO3. The van der Waals surface area contributed by atoms with Crippen LogP contribution in [0.5, 0.6) is 11.5 Å². The van der Waals surface area contributed by atoms with E-state index < -0.39 is 0 Å². The van der Waals surface area contributed by atoms with Crippen LogP contribution in [-0.4, -0.2) is 18.0 Å². The summed E-state index contributed by atoms with van der Waals surface area (Å²) in [5.41, 5.74) is 1.10. The van der Waals surface area contributed by atoms with Gasteiger partial charge in [0.25, 0.3) is 0 Å². The van der Waals surface area contributed by atoms with Gasteiger partial charge in [0.15, 0.2) is 5.78 Å². The van der Waals surface area contributed by atoms with E-state index in [1.54, 1.807) is 43.5 Å². The summed E-state index contributed by atoms with van der Waals surface area (Å²) in [5.74, 6) is 0.720. The number of halogens is 1. The SMILES string of the molecule is COc1ccc(C(=O)c2ccc(O)c(Br)c2)cc1. The number of carbonyl (C=O) groups excluding carboxylic acids is 1. The molecule has 0 aliphatic rings. The Kier molecular flexibility index (Phi) is 3.67. The zero-order valence-corrected chi connectivity index (χ0v) is 11.3. The largest absolute Gasteiger partial charge is 0.507 e. The number of phenolic OH excluding ortho intramolecular Hbond substituents is 1. The molecule has 0 fully saturated rings. The van der Waals surface area contributed by atoms with E-state index in [0.29, 0.717) is 21.3 Å². The molecule has 0 saturated heterocycles. The van der Waals surface area contributed by atoms with Crippen molar-refractivity contribution in [2.45, 2.75) is 0 Å². The van der Waals surface area contributed by atoms with Crippen molar-refractivity contribution in [3.63, 3.8) is 0 Å². The summed E-state index contributed by atoms with van der Waals surface area (Å²) in [4.78, 5) is 12.2. The van der Waals surface area contributed by atoms with Crippen LogP contribution < -0.4 is 4.74 Å². The van der Waals surface area contributed by atoms with Crippen molar-refractivity contribution in [3.8, 4) is 11.5 Å². The smallest absolute Gasteiger partial charge is 0.193 e. The minimum absolute atomic E-state index is 0.0987. The molecule has 18 heavy (non-hydrogen) atoms. The minimum atomic E-state index is -0.0987. The van der Waals surface area contributed by atoms with Crippen LogP contribution >= 0.6 is 15.9 Å². The highest BCUT2D eigenvalue weighted by atomic mass is 79.9. The number of methoxy groups -OCH3 is 1. The summed E-state index contributed by atoms with van der Waals surface area (Å²) < 4.78 is 5.54. The van der Waals surface area contributed by atoms with Crippen molar-refractivity contribution in [2.24, 2.45) is 0 Å². The molecule has 0 aliphatic heterocycles. The molecular weight excluding hydrogens is 296 g/mol. The van der Waals surface area contributed by atoms with Crippen LogP contribution in [0.15, 0.2) is 46.9 Å². The molecule has 0 amide bonds. The summed E-state index contributed by atoms with van der Waals surface area (Å²) in [6, 6.07) is 11.6. The van der Waals surface area contributed by atoms with Gasteiger partial charge in [-0.1, -0.05) is 0 Å². The Hall–Kier alpha value is -1.81. The summed E-state index contributed by atoms with van der Waals surface area (Å²) in [6.07, 6.45) is 0. The first-order valence-corrected chi connectivity index (χ1v) is 6.08. The van der Waals surface area contributed by atoms with Crippen molar-refractivity contribution in [1.29, 1.82) is 0 Å². The van der Waals surface area contributed by atoms with Gasteiger partial charge in [0, 0.05) is 11.1 Å². The average molecular weight is 307 g/mol. The lowest BCUT2D eigenvalue weighted by molar-refractivity contribution is 0.103. The van der Waals surface area contributed by atoms with Crippen LogP contribution in [0.2, 0.25) is 0 Å². The highest BCUT2D eigenvalue weighted by Crippen LogP contribution is 2.25. The van der Waals surface area contributed by atoms with Crippen molar-refractivity contribution in [3.05, 3.63) is 58.1 Å². The van der Waals surface area contributed by atoms with Crippen LogP contribution in [0.3, 0.4) is 0 Å². The zero-order chi connectivity index (χ0) is 13.1. The third-order valence-corrected chi connectivity index (χ3v) is 3.20. The topological polar surface area (TPSA) is 46.5 Å². The van der Waals surface area contributed by atoms with Crippen LogP contribution in [0, 0.1) is 0 Å². The van der Waals surface area contributed by atoms with E-state index in [2.05, 4.69) is 15.9 Å². The Balaban J connectivity index is 2.32. The Morgan fingerprint density at radius 2 is 1.72 bits per heavy atom. The maximum absolute atomic E-state index is 12.2. The van der Waals surface area contributed by atoms with Crippen molar-refractivity contribution in [1.82, 2.24) is 0 Å². The van der Waals surface area contributed by atoms with Gasteiger partial charge in [0.1, 0.15) is 11.5 Å². The summed E-state index contributed by atoms with van der Waals surface area (Å²) >= 11 is 3.19. The molecule has 0 aromatic heterocycles. The summed E-state index contributed by atoms with van der Waals surface area (Å²) in [6.45, 7) is 0. The monoisotopic (exact) mass is 306 g/mol. The molecule has 0 atom stereocenters. The molecule has 0 radical (unpaired) electrons. The number of phenols is 1. The van der Waals surface area contributed by atoms with Gasteiger partial charge in [0.05, 0.1) is 11.6 Å². The maximum Gasteiger partial charge on any atom is 0.193 e. The van der Waals surface area contributed by atoms with E-state index in [-0.39, 0.29) is 11.5 Å². The van der Waals surface area contributed by atoms with Crippen LogP contribution in [0.25, 0.3) is 0 Å². The number of rotatable bonds is 3. The first-order chi connectivity index (χ1) is 8.61. The lowest BCUT2D eigenvalue weighted by Gasteiger charge is -2.04. The maximum atomic E-state index is 12.2. The fourth-order valence-corrected chi connectivity index (χ4v) is 1.94. The lowest BCUT2D eigenvalue weighted by atomic mass is 10.0. The third-order valence-electron chi connectivity index (χ3n) is 2.56. The van der Waals surface area contributed by atoms with Gasteiger partial charge >= 0.3 is 0 Å². The van der Waals surface area contributed by atoms with E-state index in [0.717, 1.165) is 0 Å². The van der Waals surface area contributed by atoms with Gasteiger partial charge in [-0.05, 0) is 58.4 Å². The molecule has 0 spiro atoms. The van der Waals surface area contributed by atoms with Gasteiger partial charge in [0.2, 0.25) is 0 Å². The molecule has 0 aliphatic carbocycles. The molecule has 4 heteroatoms. The second kappa shape index (κ2) is 5.23. The molecule has 92 valence electrons. The number of aromatic hydroxyl groups is 1. The van der Waals surface area contributed by atoms with E-state index >= 15 is 0 Å². The highest BCUT2D eigenvalue weighted by molar-refractivity contribution is 9.10. The molecule has 0 bridgehead atoms. The minimum Gasteiger partial charge on any atom is -0.507 e. The van der Waals surface area contributed by atoms with E-state index in [1.165, 1.54) is 6.07 Å². The zero-order valence-electron chi connectivity index (χ0n) is 9.68. The molecule has 2 aromatic carbocycles. The predicted molar refractivity (Wildman–Crippen MR) is 72.2 cm³/mol. The second-order valence-corrected chi connectivity index (χ2v) is 4.58. The van der Waals surface area contributed by atoms with E-state index in [1.807, 2.05) is 0 Å². The van der Waals surface area contributed by atoms with Gasteiger partial charge in [-0.3, -0.25) is 4.79 Å². The fraction of sp³-hybridized carbons (Fsp3) is 0.0714. The second-order valence-electron chi connectivity index (χ2n) is 3.72. The van der Waals surface area contributed by atoms with Crippen LogP contribution in [0.4, 0.5) is 0 Å². The first kappa shape index (κ1) is 12.6. The number of carbonyl (C=O) groups is 1. The summed E-state index contributed by atoms with van der Waals surface area (Å²) in [7, 11) is 1.58. The molecule has 0 unspecified atom stereocenters. The first-order valence-electron chi connectivity index (χ1n) is 5.29. The molecule has 1 N–H and O–H groups in total. The number of ketones is 1. The molecule has 2 rings (SSSR count). The number of ether oxygens (including phenoxy) is 1. The number of hydrogen-bond donors (Lipinski definition) is 1. The van der Waals surface area contributed by atoms with Crippen LogP contribution in [0.1, 0.15) is 15.9 Å². The number of benzene rings is 2. The Morgan fingerprint density at radius 3 is 2.28 bits per heavy atom. The van der Waals surface area contributed by atoms with Gasteiger partial charge < -0.3 is 9.84 Å². The fourth-order valence-electron chi connectivity index (χ4n) is 1.56. The van der Waals surface area contributed by atoms with E-state index in [4.69, 9.17) is 4.74 Å². The predicted octanol–water partition coefficient (Wildman–Crippen LogP) is 3.39. The van der Waals surface area contributed by atoms with Gasteiger partial charge in [-0.15, -0.1) is 0 Å². The molecule has 2 aromatic rings. The van der Waals surface area contributed by atoms with Crippen molar-refractivity contribution < 1.29 is 14.6 Å². The van der Waals surface area contributed by atoms with Crippen molar-refractivity contribution >= 4 is 21.7 Å². The number of hydrogen-bond acceptors (Lipinski definition) is 3. The normalized spacial score (nSPS) is 10.1. The summed E-state index contributed by atoms with van der Waals surface area (Å²) in [5, 5.41) is 9.39. The van der Waals surface area contributed by atoms with Crippen LogP contribution in [-0.2, 0) is 0 Å². The average Bonchev–Trinajstić information content (AvgIpc) is 2.41. The third kappa shape index (κ3) is 2.54. The Morgan fingerprint density at radius 1 is 1.11 bits per heavy atom. The lowest BCUT2D eigenvalue weighted by Crippen LogP contribution is -2.01. The van der Waals surface area contributed by atoms with E-state index in [9.17, 15) is 9.90 Å². The molecule has 0 heterocycles. The molecule has 3 nitrogen and oxygen atoms in total. The molecule has 0 saturated carbocycles. The van der Waals surface area contributed by atoms with Crippen molar-refractivity contribution in [2.75, 3.05) is 7.11 Å². The Bertz CT molecular complexity index is 576. The van der Waals surface area contributed by atoms with Gasteiger partial charge in [-0.2, -0.15) is 0 Å². The Labute approximate surface area is 113 Å². The quantitative estimate of drug-likeness (QED) is 0.884. The highest BCUT2D eigenvalue weighted by Gasteiger charge is 2.10. The standard InChI is InChI=1S/C14H11BrO3/c1-18-11-5-2-9(3-6-11)14(17)10-4-7-13(16)12(15)8-10/h2-8,16H,1H3.